The molecule has 1 atom stereocenters. The molecule has 0 amide bonds. The van der Waals surface area contributed by atoms with E-state index in [2.05, 4.69) is 10.3 Å². The molecule has 2 rings (SSSR count). The predicted molar refractivity (Wildman–Crippen MR) is 65.2 cm³/mol. The van der Waals surface area contributed by atoms with E-state index in [0.29, 0.717) is 0 Å². The highest BCUT2D eigenvalue weighted by Crippen LogP contribution is 2.23. The number of thiazole rings is 1. The first-order valence-corrected chi connectivity index (χ1v) is 6.18. The molecule has 0 aliphatic heterocycles. The van der Waals surface area contributed by atoms with E-state index in [1.54, 1.807) is 0 Å². The summed E-state index contributed by atoms with van der Waals surface area (Å²) in [7, 11) is 0. The van der Waals surface area contributed by atoms with Gasteiger partial charge in [0.1, 0.15) is 0 Å². The molecule has 1 unspecified atom stereocenters. The molecule has 0 radical (unpaired) electrons. The molecule has 6 heteroatoms. The Hall–Kier alpha value is -1.56. The maximum atomic E-state index is 13.0. The Morgan fingerprint density at radius 3 is 2.33 bits per heavy atom. The lowest BCUT2D eigenvalue weighted by atomic mass is 10.2. The molecule has 0 aliphatic carbocycles. The van der Waals surface area contributed by atoms with Crippen molar-refractivity contribution in [3.63, 3.8) is 0 Å². The molecule has 1 heterocycles. The maximum Gasteiger partial charge on any atom is 0.194 e. The third-order valence-corrected chi connectivity index (χ3v) is 3.24. The molecular weight excluding hydrogens is 261 g/mol. The summed E-state index contributed by atoms with van der Waals surface area (Å²) in [5.74, 6) is -3.88. The van der Waals surface area contributed by atoms with Gasteiger partial charge in [0.05, 0.1) is 16.7 Å². The lowest BCUT2D eigenvalue weighted by molar-refractivity contribution is 0.447. The monoisotopic (exact) mass is 272 g/mol. The highest BCUT2D eigenvalue weighted by atomic mass is 32.1. The van der Waals surface area contributed by atoms with Crippen molar-refractivity contribution in [1.82, 2.24) is 4.98 Å². The zero-order chi connectivity index (χ0) is 13.3. The Kier molecular flexibility index (Phi) is 3.56. The smallest absolute Gasteiger partial charge is 0.194 e. The molecule has 0 fully saturated rings. The average Bonchev–Trinajstić information content (AvgIpc) is 2.72. The molecule has 1 aromatic carbocycles. The van der Waals surface area contributed by atoms with Crippen molar-refractivity contribution >= 4 is 17.0 Å². The highest BCUT2D eigenvalue weighted by molar-refractivity contribution is 7.09. The second-order valence-corrected chi connectivity index (χ2v) is 4.97. The Balaban J connectivity index is 2.19. The fourth-order valence-electron chi connectivity index (χ4n) is 1.54. The van der Waals surface area contributed by atoms with Crippen LogP contribution in [0.1, 0.15) is 23.7 Å². The summed E-state index contributed by atoms with van der Waals surface area (Å²) in [6.07, 6.45) is 0. The Labute approximate surface area is 106 Å². The minimum absolute atomic E-state index is 0.185. The van der Waals surface area contributed by atoms with Crippen molar-refractivity contribution in [3.05, 3.63) is 45.7 Å². The normalized spacial score (nSPS) is 12.5. The van der Waals surface area contributed by atoms with Crippen molar-refractivity contribution < 1.29 is 13.2 Å². The van der Waals surface area contributed by atoms with E-state index in [1.165, 1.54) is 11.3 Å². The van der Waals surface area contributed by atoms with E-state index in [9.17, 15) is 13.2 Å². The molecule has 18 heavy (non-hydrogen) atoms. The van der Waals surface area contributed by atoms with Gasteiger partial charge in [0, 0.05) is 23.2 Å². The van der Waals surface area contributed by atoms with Crippen molar-refractivity contribution in [1.29, 1.82) is 0 Å². The minimum atomic E-state index is -1.46. The fraction of sp³-hybridized carbons (Fsp3) is 0.250. The van der Waals surface area contributed by atoms with Gasteiger partial charge in [-0.3, -0.25) is 0 Å². The van der Waals surface area contributed by atoms with Gasteiger partial charge in [-0.1, -0.05) is 0 Å². The minimum Gasteiger partial charge on any atom is -0.377 e. The van der Waals surface area contributed by atoms with Crippen LogP contribution in [0.3, 0.4) is 0 Å². The Morgan fingerprint density at radius 2 is 1.83 bits per heavy atom. The van der Waals surface area contributed by atoms with Gasteiger partial charge in [-0.05, 0) is 13.8 Å². The first-order chi connectivity index (χ1) is 8.47. The largest absolute Gasteiger partial charge is 0.377 e. The number of aryl methyl sites for hydroxylation is 1. The zero-order valence-electron chi connectivity index (χ0n) is 9.80. The molecular formula is C12H11F3N2S. The van der Waals surface area contributed by atoms with Crippen LogP contribution in [-0.4, -0.2) is 4.98 Å². The zero-order valence-corrected chi connectivity index (χ0v) is 10.6. The summed E-state index contributed by atoms with van der Waals surface area (Å²) in [5, 5.41) is 5.65. The van der Waals surface area contributed by atoms with Crippen molar-refractivity contribution in [2.75, 3.05) is 5.32 Å². The number of nitrogens with one attached hydrogen (secondary N) is 1. The van der Waals surface area contributed by atoms with Crippen LogP contribution in [0.4, 0.5) is 18.9 Å². The van der Waals surface area contributed by atoms with Crippen LogP contribution in [0.5, 0.6) is 0 Å². The van der Waals surface area contributed by atoms with Crippen molar-refractivity contribution in [3.8, 4) is 0 Å². The summed E-state index contributed by atoms with van der Waals surface area (Å²) < 4.78 is 38.8. The van der Waals surface area contributed by atoms with Crippen molar-refractivity contribution in [2.24, 2.45) is 0 Å². The topological polar surface area (TPSA) is 24.9 Å². The van der Waals surface area contributed by atoms with Crippen molar-refractivity contribution in [2.45, 2.75) is 19.9 Å². The summed E-state index contributed by atoms with van der Waals surface area (Å²) in [4.78, 5) is 4.26. The number of nitrogens with zero attached hydrogens (tertiary/aromatic N) is 1. The van der Waals surface area contributed by atoms with E-state index < -0.39 is 17.5 Å². The van der Waals surface area contributed by atoms with Gasteiger partial charge >= 0.3 is 0 Å². The SMILES string of the molecule is Cc1nc(C(C)Nc2cc(F)c(F)c(F)c2)cs1. The molecule has 0 aliphatic rings. The molecule has 1 aromatic heterocycles. The van der Waals surface area contributed by atoms with E-state index in [1.807, 2.05) is 19.2 Å². The summed E-state index contributed by atoms with van der Waals surface area (Å²) >= 11 is 1.49. The van der Waals surface area contributed by atoms with Crippen LogP contribution in [0, 0.1) is 24.4 Å². The van der Waals surface area contributed by atoms with Gasteiger partial charge in [-0.2, -0.15) is 0 Å². The van der Waals surface area contributed by atoms with Gasteiger partial charge in [0.15, 0.2) is 17.5 Å². The quantitative estimate of drug-likeness (QED) is 0.853. The van der Waals surface area contributed by atoms with Gasteiger partial charge in [-0.25, -0.2) is 18.2 Å². The molecule has 0 saturated carbocycles. The summed E-state index contributed by atoms with van der Waals surface area (Å²) in [6, 6.07) is 1.64. The summed E-state index contributed by atoms with van der Waals surface area (Å²) in [5.41, 5.74) is 0.965. The van der Waals surface area contributed by atoms with Crippen LogP contribution < -0.4 is 5.32 Å². The third-order valence-electron chi connectivity index (χ3n) is 2.45. The first kappa shape index (κ1) is 12.9. The number of hydrogen-bond acceptors (Lipinski definition) is 3. The Morgan fingerprint density at radius 1 is 1.22 bits per heavy atom. The number of anilines is 1. The Bertz CT molecular complexity index is 545. The lowest BCUT2D eigenvalue weighted by Crippen LogP contribution is -2.08. The molecule has 1 N–H and O–H groups in total. The molecule has 96 valence electrons. The molecule has 2 nitrogen and oxygen atoms in total. The van der Waals surface area contributed by atoms with Gasteiger partial charge in [-0.15, -0.1) is 11.3 Å². The lowest BCUT2D eigenvalue weighted by Gasteiger charge is -2.13. The number of aromatic nitrogens is 1. The second-order valence-electron chi connectivity index (χ2n) is 3.91. The highest BCUT2D eigenvalue weighted by Gasteiger charge is 2.13. The fourth-order valence-corrected chi connectivity index (χ4v) is 2.25. The van der Waals surface area contributed by atoms with Gasteiger partial charge in [0.2, 0.25) is 0 Å². The average molecular weight is 272 g/mol. The number of benzene rings is 1. The first-order valence-electron chi connectivity index (χ1n) is 5.30. The van der Waals surface area contributed by atoms with Crippen LogP contribution >= 0.6 is 11.3 Å². The third kappa shape index (κ3) is 2.64. The van der Waals surface area contributed by atoms with E-state index in [0.717, 1.165) is 22.8 Å². The predicted octanol–water partition coefficient (Wildman–Crippen LogP) is 4.04. The maximum absolute atomic E-state index is 13.0. The number of halogens is 3. The van der Waals surface area contributed by atoms with Crippen LogP contribution in [0.15, 0.2) is 17.5 Å². The summed E-state index contributed by atoms with van der Waals surface area (Å²) in [6.45, 7) is 3.69. The number of hydrogen-bond donors (Lipinski definition) is 1. The van der Waals surface area contributed by atoms with Gasteiger partial charge in [0.25, 0.3) is 0 Å². The number of rotatable bonds is 3. The molecule has 0 spiro atoms. The van der Waals surface area contributed by atoms with Gasteiger partial charge < -0.3 is 5.32 Å². The molecule has 0 saturated heterocycles. The molecule has 0 bridgehead atoms. The standard InChI is InChI=1S/C12H11F3N2S/c1-6(11-5-18-7(2)17-11)16-8-3-9(13)12(15)10(14)4-8/h3-6,16H,1-2H3. The van der Waals surface area contributed by atoms with E-state index >= 15 is 0 Å². The van der Waals surface area contributed by atoms with E-state index in [-0.39, 0.29) is 11.7 Å². The molecule has 2 aromatic rings. The van der Waals surface area contributed by atoms with Crippen LogP contribution in [-0.2, 0) is 0 Å². The second kappa shape index (κ2) is 4.97. The van der Waals surface area contributed by atoms with Crippen LogP contribution in [0.2, 0.25) is 0 Å². The van der Waals surface area contributed by atoms with E-state index in [4.69, 9.17) is 0 Å². The van der Waals surface area contributed by atoms with Crippen LogP contribution in [0.25, 0.3) is 0 Å².